The van der Waals surface area contributed by atoms with E-state index in [1.807, 2.05) is 56.3 Å². The fourth-order valence-corrected chi connectivity index (χ4v) is 4.22. The van der Waals surface area contributed by atoms with E-state index in [0.717, 1.165) is 17.9 Å². The predicted molar refractivity (Wildman–Crippen MR) is 126 cm³/mol. The van der Waals surface area contributed by atoms with Crippen LogP contribution in [0.5, 0.6) is 5.75 Å². The molecule has 9 heteroatoms. The van der Waals surface area contributed by atoms with Gasteiger partial charge in [0.25, 0.3) is 5.91 Å². The van der Waals surface area contributed by atoms with Crippen molar-refractivity contribution in [1.29, 1.82) is 0 Å². The van der Waals surface area contributed by atoms with E-state index in [1.165, 1.54) is 0 Å². The SMILES string of the molecule is CCCSc1nc2n(n1)C(c1ccccn1)C(C(=O)Nc1ccccc1OCC)=C(C)N2. The van der Waals surface area contributed by atoms with E-state index in [1.54, 1.807) is 22.6 Å². The van der Waals surface area contributed by atoms with Gasteiger partial charge in [0.15, 0.2) is 0 Å². The molecule has 1 aliphatic rings. The van der Waals surface area contributed by atoms with Crippen molar-refractivity contribution < 1.29 is 9.53 Å². The highest BCUT2D eigenvalue weighted by atomic mass is 32.2. The number of hydrogen-bond acceptors (Lipinski definition) is 7. The fourth-order valence-electron chi connectivity index (χ4n) is 3.53. The molecule has 1 atom stereocenters. The maximum absolute atomic E-state index is 13.5. The van der Waals surface area contributed by atoms with Crippen LogP contribution in [0.1, 0.15) is 38.9 Å². The molecule has 1 unspecified atom stereocenters. The van der Waals surface area contributed by atoms with Crippen molar-refractivity contribution in [3.8, 4) is 5.75 Å². The van der Waals surface area contributed by atoms with E-state index in [4.69, 9.17) is 9.84 Å². The van der Waals surface area contributed by atoms with Crippen LogP contribution < -0.4 is 15.4 Å². The van der Waals surface area contributed by atoms with Gasteiger partial charge < -0.3 is 15.4 Å². The summed E-state index contributed by atoms with van der Waals surface area (Å²) >= 11 is 1.59. The van der Waals surface area contributed by atoms with Crippen LogP contribution in [0.25, 0.3) is 0 Å². The number of aromatic nitrogens is 4. The lowest BCUT2D eigenvalue weighted by Crippen LogP contribution is -2.32. The number of anilines is 2. The minimum Gasteiger partial charge on any atom is -0.492 e. The molecule has 3 heterocycles. The van der Waals surface area contributed by atoms with Gasteiger partial charge in [0, 0.05) is 17.6 Å². The first-order valence-electron chi connectivity index (χ1n) is 10.6. The molecule has 1 aromatic carbocycles. The summed E-state index contributed by atoms with van der Waals surface area (Å²) in [6, 6.07) is 12.5. The zero-order valence-corrected chi connectivity index (χ0v) is 19.1. The molecule has 32 heavy (non-hydrogen) atoms. The number of carbonyl (C=O) groups excluding carboxylic acids is 1. The highest BCUT2D eigenvalue weighted by Gasteiger charge is 2.35. The van der Waals surface area contributed by atoms with Gasteiger partial charge in [-0.3, -0.25) is 9.78 Å². The number of rotatable bonds is 8. The van der Waals surface area contributed by atoms with E-state index < -0.39 is 6.04 Å². The number of carbonyl (C=O) groups is 1. The third kappa shape index (κ3) is 4.47. The first-order valence-corrected chi connectivity index (χ1v) is 11.6. The second kappa shape index (κ2) is 9.86. The Kier molecular flexibility index (Phi) is 6.75. The molecular formula is C23H26N6O2S. The second-order valence-electron chi connectivity index (χ2n) is 7.22. The lowest BCUT2D eigenvalue weighted by molar-refractivity contribution is -0.113. The molecule has 1 aliphatic heterocycles. The van der Waals surface area contributed by atoms with Gasteiger partial charge >= 0.3 is 0 Å². The van der Waals surface area contributed by atoms with Gasteiger partial charge in [-0.05, 0) is 44.5 Å². The number of para-hydroxylation sites is 2. The van der Waals surface area contributed by atoms with E-state index in [9.17, 15) is 4.79 Å². The van der Waals surface area contributed by atoms with E-state index in [0.29, 0.717) is 40.4 Å². The Balaban J connectivity index is 1.73. The van der Waals surface area contributed by atoms with Crippen LogP contribution in [0.15, 0.2) is 65.1 Å². The molecule has 0 saturated carbocycles. The van der Waals surface area contributed by atoms with Crippen LogP contribution in [0.2, 0.25) is 0 Å². The van der Waals surface area contributed by atoms with Crippen LogP contribution in [0.3, 0.4) is 0 Å². The maximum atomic E-state index is 13.5. The number of ether oxygens (including phenoxy) is 1. The molecule has 0 fully saturated rings. The molecule has 2 N–H and O–H groups in total. The molecular weight excluding hydrogens is 424 g/mol. The van der Waals surface area contributed by atoms with Crippen molar-refractivity contribution in [2.75, 3.05) is 23.0 Å². The molecule has 0 saturated heterocycles. The molecule has 3 aromatic rings. The molecule has 8 nitrogen and oxygen atoms in total. The summed E-state index contributed by atoms with van der Waals surface area (Å²) < 4.78 is 7.42. The zero-order chi connectivity index (χ0) is 22.5. The number of pyridine rings is 1. The van der Waals surface area contributed by atoms with Gasteiger partial charge in [0.2, 0.25) is 11.1 Å². The van der Waals surface area contributed by atoms with Crippen LogP contribution in [-0.4, -0.2) is 38.0 Å². The zero-order valence-electron chi connectivity index (χ0n) is 18.3. The summed E-state index contributed by atoms with van der Waals surface area (Å²) in [4.78, 5) is 22.7. The van der Waals surface area contributed by atoms with Crippen LogP contribution >= 0.6 is 11.8 Å². The number of thioether (sulfide) groups is 1. The third-order valence-electron chi connectivity index (χ3n) is 4.92. The summed E-state index contributed by atoms with van der Waals surface area (Å²) in [5, 5.41) is 11.6. The van der Waals surface area contributed by atoms with E-state index in [-0.39, 0.29) is 5.91 Å². The van der Waals surface area contributed by atoms with Crippen LogP contribution in [0.4, 0.5) is 11.6 Å². The Hall–Kier alpha value is -3.33. The van der Waals surface area contributed by atoms with Gasteiger partial charge in [-0.15, -0.1) is 5.10 Å². The largest absolute Gasteiger partial charge is 0.492 e. The molecule has 166 valence electrons. The minimum absolute atomic E-state index is 0.248. The average Bonchev–Trinajstić information content (AvgIpc) is 3.21. The number of nitrogens with zero attached hydrogens (tertiary/aromatic N) is 4. The fraction of sp³-hybridized carbons (Fsp3) is 0.304. The highest BCUT2D eigenvalue weighted by Crippen LogP contribution is 2.36. The monoisotopic (exact) mass is 450 g/mol. The topological polar surface area (TPSA) is 94.0 Å². The quantitative estimate of drug-likeness (QED) is 0.488. The normalized spacial score (nSPS) is 15.2. The Labute approximate surface area is 191 Å². The number of amides is 1. The smallest absolute Gasteiger partial charge is 0.256 e. The van der Waals surface area contributed by atoms with Crippen molar-refractivity contribution in [2.45, 2.75) is 38.4 Å². The maximum Gasteiger partial charge on any atom is 0.256 e. The number of allylic oxidation sites excluding steroid dienone is 1. The summed E-state index contributed by atoms with van der Waals surface area (Å²) in [6.07, 6.45) is 2.74. The van der Waals surface area contributed by atoms with Gasteiger partial charge in [0.05, 0.1) is 23.6 Å². The summed E-state index contributed by atoms with van der Waals surface area (Å²) in [5.41, 5.74) is 2.57. The van der Waals surface area contributed by atoms with Crippen molar-refractivity contribution >= 4 is 29.3 Å². The standard InChI is InChI=1S/C23H26N6O2S/c1-4-14-32-23-27-22-25-15(3)19(20(29(22)28-23)17-11-8-9-13-24-17)21(30)26-16-10-6-7-12-18(16)31-5-2/h6-13,20H,4-5,14H2,1-3H3,(H,26,30)(H,25,27,28). The van der Waals surface area contributed by atoms with Crippen molar-refractivity contribution in [3.05, 3.63) is 65.6 Å². The van der Waals surface area contributed by atoms with Crippen molar-refractivity contribution in [2.24, 2.45) is 0 Å². The van der Waals surface area contributed by atoms with Crippen LogP contribution in [0, 0.1) is 0 Å². The number of nitrogens with one attached hydrogen (secondary N) is 2. The Bertz CT molecular complexity index is 1130. The Morgan fingerprint density at radius 2 is 2.03 bits per heavy atom. The number of benzene rings is 1. The minimum atomic E-state index is -0.504. The van der Waals surface area contributed by atoms with E-state index in [2.05, 4.69) is 27.5 Å². The van der Waals surface area contributed by atoms with Gasteiger partial charge in [-0.25, -0.2) is 4.68 Å². The predicted octanol–water partition coefficient (Wildman–Crippen LogP) is 4.50. The van der Waals surface area contributed by atoms with E-state index >= 15 is 0 Å². The molecule has 0 radical (unpaired) electrons. The highest BCUT2D eigenvalue weighted by molar-refractivity contribution is 7.99. The van der Waals surface area contributed by atoms with Gasteiger partial charge in [0.1, 0.15) is 11.8 Å². The summed E-state index contributed by atoms with van der Waals surface area (Å²) in [5.74, 6) is 1.90. The third-order valence-corrected chi connectivity index (χ3v) is 5.96. The summed E-state index contributed by atoms with van der Waals surface area (Å²) in [6.45, 7) is 6.41. The van der Waals surface area contributed by atoms with Gasteiger partial charge in [-0.2, -0.15) is 4.98 Å². The van der Waals surface area contributed by atoms with Crippen molar-refractivity contribution in [1.82, 2.24) is 19.7 Å². The number of fused-ring (bicyclic) bond motifs is 1. The summed E-state index contributed by atoms with van der Waals surface area (Å²) in [7, 11) is 0. The van der Waals surface area contributed by atoms with Crippen LogP contribution in [-0.2, 0) is 4.79 Å². The molecule has 4 rings (SSSR count). The van der Waals surface area contributed by atoms with Crippen molar-refractivity contribution in [3.63, 3.8) is 0 Å². The molecule has 2 aromatic heterocycles. The van der Waals surface area contributed by atoms with Gasteiger partial charge in [-0.1, -0.05) is 36.9 Å². The Morgan fingerprint density at radius 1 is 1.22 bits per heavy atom. The average molecular weight is 451 g/mol. The molecule has 0 aliphatic carbocycles. The lowest BCUT2D eigenvalue weighted by atomic mass is 9.98. The second-order valence-corrected chi connectivity index (χ2v) is 8.28. The number of hydrogen-bond donors (Lipinski definition) is 2. The lowest BCUT2D eigenvalue weighted by Gasteiger charge is -2.28. The first-order chi connectivity index (χ1) is 15.6. The molecule has 0 spiro atoms. The Morgan fingerprint density at radius 3 is 2.78 bits per heavy atom. The molecule has 1 amide bonds. The first kappa shape index (κ1) is 21.9. The molecule has 0 bridgehead atoms.